The van der Waals surface area contributed by atoms with Gasteiger partial charge >= 0.3 is 39.5 Å². The van der Waals surface area contributed by atoms with Crippen LogP contribution in [-0.2, 0) is 65.4 Å². The van der Waals surface area contributed by atoms with Crippen LogP contribution >= 0.6 is 15.6 Å². The molecule has 0 saturated carbocycles. The molecular formula is C66H128O17P2. The topological polar surface area (TPSA) is 237 Å². The number of hydrogen-bond donors (Lipinski definition) is 3. The fraction of sp³-hybridized carbons (Fsp3) is 0.939. The smallest absolute Gasteiger partial charge is 0.462 e. The van der Waals surface area contributed by atoms with Gasteiger partial charge in [0.2, 0.25) is 0 Å². The molecule has 0 fully saturated rings. The molecule has 504 valence electrons. The molecule has 85 heavy (non-hydrogen) atoms. The van der Waals surface area contributed by atoms with Crippen molar-refractivity contribution >= 4 is 39.5 Å². The van der Waals surface area contributed by atoms with Crippen LogP contribution in [0.5, 0.6) is 0 Å². The highest BCUT2D eigenvalue weighted by molar-refractivity contribution is 7.47. The van der Waals surface area contributed by atoms with Gasteiger partial charge < -0.3 is 33.8 Å². The molecule has 0 aliphatic heterocycles. The summed E-state index contributed by atoms with van der Waals surface area (Å²) in [5, 5.41) is 10.5. The second-order valence-electron chi connectivity index (χ2n) is 24.6. The Morgan fingerprint density at radius 1 is 0.341 bits per heavy atom. The summed E-state index contributed by atoms with van der Waals surface area (Å²) >= 11 is 0. The molecule has 3 N–H and O–H groups in total. The second-order valence-corrected chi connectivity index (χ2v) is 27.5. The third kappa shape index (κ3) is 59.5. The van der Waals surface area contributed by atoms with E-state index >= 15 is 0 Å². The van der Waals surface area contributed by atoms with E-state index in [4.69, 9.17) is 37.0 Å². The molecule has 0 heterocycles. The van der Waals surface area contributed by atoms with Crippen LogP contribution in [-0.4, -0.2) is 96.7 Å². The van der Waals surface area contributed by atoms with Gasteiger partial charge in [-0.3, -0.25) is 37.3 Å². The van der Waals surface area contributed by atoms with Crippen LogP contribution in [0.4, 0.5) is 0 Å². The zero-order valence-electron chi connectivity index (χ0n) is 54.9. The SMILES string of the molecule is CCCCCCCCCCCCCCC(=O)O[C@H](COC(=O)CCCCCCCCCC)COP(=O)(O)OC[C@H](O)COP(=O)(O)OC[C@@H](COC(=O)CCCCCCCCCCC(C)CC)OC(=O)CCCCCCCCCCCCC(C)C. The molecule has 19 heteroatoms. The van der Waals surface area contributed by atoms with E-state index in [1.807, 2.05) is 0 Å². The number of unbranched alkanes of at least 4 members (excludes halogenated alkanes) is 34. The fourth-order valence-corrected chi connectivity index (χ4v) is 11.4. The fourth-order valence-electron chi connectivity index (χ4n) is 9.85. The number of rotatable bonds is 65. The van der Waals surface area contributed by atoms with E-state index in [1.165, 1.54) is 141 Å². The number of esters is 4. The van der Waals surface area contributed by atoms with Crippen LogP contribution in [0.25, 0.3) is 0 Å². The number of ether oxygens (including phenoxy) is 4. The molecule has 0 aliphatic carbocycles. The average molecular weight is 1260 g/mol. The van der Waals surface area contributed by atoms with E-state index in [0.29, 0.717) is 25.7 Å². The highest BCUT2D eigenvalue weighted by atomic mass is 31.2. The normalized spacial score (nSPS) is 14.6. The lowest BCUT2D eigenvalue weighted by atomic mass is 9.99. The Balaban J connectivity index is 5.24. The van der Waals surface area contributed by atoms with Gasteiger partial charge in [-0.05, 0) is 37.5 Å². The Hall–Kier alpha value is -1.94. The lowest BCUT2D eigenvalue weighted by Gasteiger charge is -2.21. The number of carbonyl (C=O) groups excluding carboxylic acids is 4. The predicted molar refractivity (Wildman–Crippen MR) is 340 cm³/mol. The second kappa shape index (κ2) is 58.4. The molecule has 3 unspecified atom stereocenters. The number of hydrogen-bond acceptors (Lipinski definition) is 15. The first-order chi connectivity index (χ1) is 40.9. The van der Waals surface area contributed by atoms with Crippen molar-refractivity contribution in [2.24, 2.45) is 11.8 Å². The maximum absolute atomic E-state index is 13.0. The van der Waals surface area contributed by atoms with Crippen molar-refractivity contribution in [2.45, 2.75) is 349 Å². The van der Waals surface area contributed by atoms with E-state index in [2.05, 4.69) is 41.5 Å². The third-order valence-electron chi connectivity index (χ3n) is 15.6. The Morgan fingerprint density at radius 3 is 0.894 bits per heavy atom. The van der Waals surface area contributed by atoms with E-state index in [1.54, 1.807) is 0 Å². The van der Waals surface area contributed by atoms with E-state index in [0.717, 1.165) is 108 Å². The van der Waals surface area contributed by atoms with Crippen LogP contribution < -0.4 is 0 Å². The number of carbonyl (C=O) groups is 4. The van der Waals surface area contributed by atoms with Gasteiger partial charge in [-0.15, -0.1) is 0 Å². The molecule has 0 rings (SSSR count). The summed E-state index contributed by atoms with van der Waals surface area (Å²) in [5.74, 6) is -0.602. The van der Waals surface area contributed by atoms with E-state index in [-0.39, 0.29) is 25.7 Å². The molecule has 17 nitrogen and oxygen atoms in total. The van der Waals surface area contributed by atoms with Gasteiger partial charge in [0.25, 0.3) is 0 Å². The molecule has 0 amide bonds. The molecular weight excluding hydrogens is 1130 g/mol. The lowest BCUT2D eigenvalue weighted by Crippen LogP contribution is -2.30. The molecule has 0 spiro atoms. The zero-order valence-corrected chi connectivity index (χ0v) is 56.7. The minimum Gasteiger partial charge on any atom is -0.462 e. The number of phosphoric acid groups is 2. The lowest BCUT2D eigenvalue weighted by molar-refractivity contribution is -0.161. The van der Waals surface area contributed by atoms with Crippen LogP contribution in [0.2, 0.25) is 0 Å². The van der Waals surface area contributed by atoms with Crippen LogP contribution in [0, 0.1) is 11.8 Å². The Labute approximate surface area is 517 Å². The van der Waals surface area contributed by atoms with Crippen molar-refractivity contribution in [3.8, 4) is 0 Å². The highest BCUT2D eigenvalue weighted by Crippen LogP contribution is 2.45. The van der Waals surface area contributed by atoms with Gasteiger partial charge in [0.1, 0.15) is 19.3 Å². The van der Waals surface area contributed by atoms with E-state index in [9.17, 15) is 43.2 Å². The summed E-state index contributed by atoms with van der Waals surface area (Å²) in [6.45, 7) is 9.48. The van der Waals surface area contributed by atoms with Crippen molar-refractivity contribution in [1.29, 1.82) is 0 Å². The van der Waals surface area contributed by atoms with Crippen LogP contribution in [0.1, 0.15) is 330 Å². The van der Waals surface area contributed by atoms with Crippen molar-refractivity contribution in [3.63, 3.8) is 0 Å². The first-order valence-corrected chi connectivity index (χ1v) is 37.5. The zero-order chi connectivity index (χ0) is 62.9. The van der Waals surface area contributed by atoms with Gasteiger partial charge in [-0.2, -0.15) is 0 Å². The van der Waals surface area contributed by atoms with Gasteiger partial charge in [-0.1, -0.05) is 279 Å². The first-order valence-electron chi connectivity index (χ1n) is 34.5. The van der Waals surface area contributed by atoms with Crippen LogP contribution in [0.15, 0.2) is 0 Å². The molecule has 0 aromatic carbocycles. The van der Waals surface area contributed by atoms with Gasteiger partial charge in [-0.25, -0.2) is 9.13 Å². The summed E-state index contributed by atoms with van der Waals surface area (Å²) in [7, 11) is -9.89. The molecule has 0 radical (unpaired) electrons. The van der Waals surface area contributed by atoms with Crippen LogP contribution in [0.3, 0.4) is 0 Å². The van der Waals surface area contributed by atoms with Gasteiger partial charge in [0, 0.05) is 25.7 Å². The molecule has 0 aromatic rings. The first kappa shape index (κ1) is 83.1. The third-order valence-corrected chi connectivity index (χ3v) is 17.5. The highest BCUT2D eigenvalue weighted by Gasteiger charge is 2.30. The van der Waals surface area contributed by atoms with Crippen molar-refractivity contribution in [1.82, 2.24) is 0 Å². The summed E-state index contributed by atoms with van der Waals surface area (Å²) < 4.78 is 68.1. The van der Waals surface area contributed by atoms with Crippen molar-refractivity contribution in [3.05, 3.63) is 0 Å². The molecule has 0 aliphatic rings. The monoisotopic (exact) mass is 1250 g/mol. The predicted octanol–water partition coefficient (Wildman–Crippen LogP) is 18.4. The maximum Gasteiger partial charge on any atom is 0.472 e. The molecule has 0 bridgehead atoms. The average Bonchev–Trinajstić information content (AvgIpc) is 3.54. The Morgan fingerprint density at radius 2 is 0.600 bits per heavy atom. The van der Waals surface area contributed by atoms with E-state index < -0.39 is 97.5 Å². The quantitative estimate of drug-likeness (QED) is 0.0222. The van der Waals surface area contributed by atoms with Gasteiger partial charge in [0.05, 0.1) is 26.4 Å². The number of aliphatic hydroxyl groups excluding tert-OH is 1. The minimum absolute atomic E-state index is 0.105. The molecule has 0 saturated heterocycles. The Kier molecular flexibility index (Phi) is 57.1. The van der Waals surface area contributed by atoms with Gasteiger partial charge in [0.15, 0.2) is 12.2 Å². The number of phosphoric ester groups is 2. The minimum atomic E-state index is -4.95. The standard InChI is InChI=1S/C66H128O17P2/c1-7-10-12-14-16-18-19-20-24-32-38-44-50-65(70)82-61(54-76-63(68)48-42-36-30-17-15-13-11-8-2)56-80-84(72,73)78-52-60(67)53-79-85(74,75)81-57-62(55-77-64(69)49-43-37-31-27-26-29-35-41-47-59(6)9-3)83-66(71)51-45-39-33-25-22-21-23-28-34-40-46-58(4)5/h58-62,67H,7-57H2,1-6H3,(H,72,73)(H,74,75)/t59?,60-,61+,62+/m0/s1. The molecule has 0 aromatic heterocycles. The summed E-state index contributed by atoms with van der Waals surface area (Å²) in [5.41, 5.74) is 0. The summed E-state index contributed by atoms with van der Waals surface area (Å²) in [4.78, 5) is 72.3. The maximum atomic E-state index is 13.0. The van der Waals surface area contributed by atoms with Crippen molar-refractivity contribution in [2.75, 3.05) is 39.6 Å². The van der Waals surface area contributed by atoms with Crippen molar-refractivity contribution < 1.29 is 80.2 Å². The largest absolute Gasteiger partial charge is 0.472 e. The molecule has 6 atom stereocenters. The summed E-state index contributed by atoms with van der Waals surface area (Å²) in [6.07, 6.45) is 41.6. The Bertz CT molecular complexity index is 1670. The summed E-state index contributed by atoms with van der Waals surface area (Å²) in [6, 6.07) is 0. The number of aliphatic hydroxyl groups is 1.